The first-order valence-corrected chi connectivity index (χ1v) is 5.89. The molecule has 0 saturated heterocycles. The third kappa shape index (κ3) is 1.45. The minimum Gasteiger partial charge on any atom is -0.372 e. The summed E-state index contributed by atoms with van der Waals surface area (Å²) >= 11 is 5.94. The number of hydrogen-bond acceptors (Lipinski definition) is 2. The molecule has 0 aliphatic carbocycles. The summed E-state index contributed by atoms with van der Waals surface area (Å²) in [5.41, 5.74) is -0.0490. The average molecular weight is 260 g/mol. The Morgan fingerprint density at radius 3 is 2.56 bits per heavy atom. The van der Waals surface area contributed by atoms with Crippen LogP contribution in [-0.4, -0.2) is 11.0 Å². The SMILES string of the molecule is O=C1Nc2ccc(Cl)cc2[C@]1(O)c1ccccc1. The van der Waals surface area contributed by atoms with Gasteiger partial charge in [-0.15, -0.1) is 0 Å². The Kier molecular flexibility index (Phi) is 2.40. The smallest absolute Gasteiger partial charge is 0.265 e. The molecule has 0 radical (unpaired) electrons. The molecule has 0 aromatic heterocycles. The van der Waals surface area contributed by atoms with E-state index in [-0.39, 0.29) is 0 Å². The van der Waals surface area contributed by atoms with Crippen molar-refractivity contribution >= 4 is 23.2 Å². The molecular weight excluding hydrogens is 250 g/mol. The summed E-state index contributed by atoms with van der Waals surface area (Å²) < 4.78 is 0. The average Bonchev–Trinajstić information content (AvgIpc) is 2.64. The van der Waals surface area contributed by atoms with Gasteiger partial charge in [0.2, 0.25) is 0 Å². The van der Waals surface area contributed by atoms with Gasteiger partial charge in [0.25, 0.3) is 5.91 Å². The second kappa shape index (κ2) is 3.83. The lowest BCUT2D eigenvalue weighted by molar-refractivity contribution is -0.129. The highest BCUT2D eigenvalue weighted by Crippen LogP contribution is 2.41. The molecule has 1 amide bonds. The topological polar surface area (TPSA) is 49.3 Å². The zero-order chi connectivity index (χ0) is 12.8. The normalized spacial score (nSPS) is 21.6. The number of carbonyl (C=O) groups excluding carboxylic acids is 1. The number of hydrogen-bond donors (Lipinski definition) is 2. The van der Waals surface area contributed by atoms with Gasteiger partial charge in [0, 0.05) is 16.3 Å². The molecule has 0 fully saturated rings. The van der Waals surface area contributed by atoms with Gasteiger partial charge in [0.15, 0.2) is 5.60 Å². The van der Waals surface area contributed by atoms with Gasteiger partial charge >= 0.3 is 0 Å². The van der Waals surface area contributed by atoms with E-state index in [9.17, 15) is 9.90 Å². The maximum atomic E-state index is 12.1. The van der Waals surface area contributed by atoms with Crippen molar-refractivity contribution in [2.45, 2.75) is 5.60 Å². The standard InChI is InChI=1S/C14H10ClNO2/c15-10-6-7-12-11(8-10)14(18,13(17)16-12)9-4-2-1-3-5-9/h1-8,18H,(H,16,17)/t14-/m1/s1. The highest BCUT2D eigenvalue weighted by molar-refractivity contribution is 6.31. The molecular formula is C14H10ClNO2. The first kappa shape index (κ1) is 11.3. The van der Waals surface area contributed by atoms with Crippen LogP contribution in [0.3, 0.4) is 0 Å². The second-order valence-electron chi connectivity index (χ2n) is 4.22. The predicted octanol–water partition coefficient (Wildman–Crippen LogP) is 2.53. The first-order valence-electron chi connectivity index (χ1n) is 5.52. The van der Waals surface area contributed by atoms with E-state index >= 15 is 0 Å². The fourth-order valence-electron chi connectivity index (χ4n) is 2.23. The van der Waals surface area contributed by atoms with Crippen LogP contribution in [0.4, 0.5) is 5.69 Å². The van der Waals surface area contributed by atoms with E-state index in [0.717, 1.165) is 0 Å². The Labute approximate surface area is 109 Å². The summed E-state index contributed by atoms with van der Waals surface area (Å²) in [7, 11) is 0. The van der Waals surface area contributed by atoms with Gasteiger partial charge < -0.3 is 10.4 Å². The van der Waals surface area contributed by atoms with Crippen LogP contribution in [0.5, 0.6) is 0 Å². The number of halogens is 1. The summed E-state index contributed by atoms with van der Waals surface area (Å²) in [6.07, 6.45) is 0. The first-order chi connectivity index (χ1) is 8.62. The van der Waals surface area contributed by atoms with Crippen LogP contribution < -0.4 is 5.32 Å². The largest absolute Gasteiger partial charge is 0.372 e. The van der Waals surface area contributed by atoms with Crippen LogP contribution in [0.15, 0.2) is 48.5 Å². The van der Waals surface area contributed by atoms with E-state index in [1.165, 1.54) is 0 Å². The van der Waals surface area contributed by atoms with Crippen LogP contribution in [0, 0.1) is 0 Å². The molecule has 2 aromatic carbocycles. The molecule has 18 heavy (non-hydrogen) atoms. The molecule has 1 aliphatic heterocycles. The highest BCUT2D eigenvalue weighted by atomic mass is 35.5. The van der Waals surface area contributed by atoms with Crippen molar-refractivity contribution in [3.05, 3.63) is 64.7 Å². The summed E-state index contributed by atoms with van der Waals surface area (Å²) in [5.74, 6) is -0.453. The Bertz CT molecular complexity index is 627. The maximum absolute atomic E-state index is 12.1. The van der Waals surface area contributed by atoms with Gasteiger partial charge in [-0.25, -0.2) is 0 Å². The fraction of sp³-hybridized carbons (Fsp3) is 0.0714. The molecule has 1 heterocycles. The molecule has 0 unspecified atom stereocenters. The maximum Gasteiger partial charge on any atom is 0.265 e. The second-order valence-corrected chi connectivity index (χ2v) is 4.66. The molecule has 2 N–H and O–H groups in total. The number of fused-ring (bicyclic) bond motifs is 1. The van der Waals surface area contributed by atoms with Crippen molar-refractivity contribution in [1.82, 2.24) is 0 Å². The zero-order valence-electron chi connectivity index (χ0n) is 9.35. The predicted molar refractivity (Wildman–Crippen MR) is 69.5 cm³/mol. The van der Waals surface area contributed by atoms with E-state index in [1.807, 2.05) is 6.07 Å². The van der Waals surface area contributed by atoms with Crippen LogP contribution >= 0.6 is 11.6 Å². The number of rotatable bonds is 1. The van der Waals surface area contributed by atoms with Crippen LogP contribution in [0.25, 0.3) is 0 Å². The van der Waals surface area contributed by atoms with Gasteiger partial charge in [-0.1, -0.05) is 41.9 Å². The van der Waals surface area contributed by atoms with Gasteiger partial charge in [-0.3, -0.25) is 4.79 Å². The zero-order valence-corrected chi connectivity index (χ0v) is 10.1. The fourth-order valence-corrected chi connectivity index (χ4v) is 2.40. The number of amides is 1. The van der Waals surface area contributed by atoms with E-state index in [1.54, 1.807) is 42.5 Å². The van der Waals surface area contributed by atoms with E-state index in [2.05, 4.69) is 5.32 Å². The number of aliphatic hydroxyl groups is 1. The number of anilines is 1. The van der Waals surface area contributed by atoms with Crippen LogP contribution in [0.2, 0.25) is 5.02 Å². The van der Waals surface area contributed by atoms with Crippen molar-refractivity contribution in [3.8, 4) is 0 Å². The third-order valence-corrected chi connectivity index (χ3v) is 3.37. The van der Waals surface area contributed by atoms with Crippen LogP contribution in [-0.2, 0) is 10.4 Å². The Hall–Kier alpha value is -1.84. The summed E-state index contributed by atoms with van der Waals surface area (Å²) in [4.78, 5) is 12.1. The highest BCUT2D eigenvalue weighted by Gasteiger charge is 2.46. The van der Waals surface area contributed by atoms with Crippen molar-refractivity contribution in [3.63, 3.8) is 0 Å². The molecule has 0 saturated carbocycles. The number of carbonyl (C=O) groups is 1. The van der Waals surface area contributed by atoms with Crippen molar-refractivity contribution < 1.29 is 9.90 Å². The van der Waals surface area contributed by atoms with E-state index in [4.69, 9.17) is 11.6 Å². The molecule has 4 heteroatoms. The molecule has 1 aliphatic rings. The number of benzene rings is 2. The summed E-state index contributed by atoms with van der Waals surface area (Å²) in [6, 6.07) is 13.8. The van der Waals surface area contributed by atoms with E-state index < -0.39 is 11.5 Å². The van der Waals surface area contributed by atoms with Crippen molar-refractivity contribution in [1.29, 1.82) is 0 Å². The minimum absolute atomic E-state index is 0.453. The lowest BCUT2D eigenvalue weighted by Gasteiger charge is -2.21. The van der Waals surface area contributed by atoms with Gasteiger partial charge in [-0.05, 0) is 23.8 Å². The number of nitrogens with one attached hydrogen (secondary N) is 1. The molecule has 3 nitrogen and oxygen atoms in total. The quantitative estimate of drug-likeness (QED) is 0.827. The lowest BCUT2D eigenvalue weighted by Crippen LogP contribution is -2.35. The lowest BCUT2D eigenvalue weighted by atomic mass is 9.88. The van der Waals surface area contributed by atoms with Crippen molar-refractivity contribution in [2.75, 3.05) is 5.32 Å². The molecule has 3 rings (SSSR count). The monoisotopic (exact) mass is 259 g/mol. The van der Waals surface area contributed by atoms with Gasteiger partial charge in [0.05, 0.1) is 0 Å². The Balaban J connectivity index is 2.25. The van der Waals surface area contributed by atoms with Gasteiger partial charge in [-0.2, -0.15) is 0 Å². The van der Waals surface area contributed by atoms with E-state index in [0.29, 0.717) is 21.8 Å². The molecule has 1 atom stereocenters. The molecule has 2 aromatic rings. The Morgan fingerprint density at radius 2 is 1.83 bits per heavy atom. The minimum atomic E-state index is -1.67. The Morgan fingerprint density at radius 1 is 1.11 bits per heavy atom. The third-order valence-electron chi connectivity index (χ3n) is 3.14. The van der Waals surface area contributed by atoms with Crippen LogP contribution in [0.1, 0.15) is 11.1 Å². The molecule has 90 valence electrons. The summed E-state index contributed by atoms with van der Waals surface area (Å²) in [5, 5.41) is 13.9. The summed E-state index contributed by atoms with van der Waals surface area (Å²) in [6.45, 7) is 0. The van der Waals surface area contributed by atoms with Gasteiger partial charge in [0.1, 0.15) is 0 Å². The molecule has 0 spiro atoms. The molecule has 0 bridgehead atoms. The van der Waals surface area contributed by atoms with Crippen molar-refractivity contribution in [2.24, 2.45) is 0 Å².